The Hall–Kier alpha value is -2.52. The van der Waals surface area contributed by atoms with Crippen molar-refractivity contribution in [1.29, 1.82) is 0 Å². The van der Waals surface area contributed by atoms with E-state index >= 15 is 0 Å². The third-order valence-electron chi connectivity index (χ3n) is 6.62. The van der Waals surface area contributed by atoms with Crippen LogP contribution in [-0.2, 0) is 14.4 Å². The van der Waals surface area contributed by atoms with Gasteiger partial charge in [-0.25, -0.2) is 0 Å². The molecular formula is C32H61N5O3S. The fourth-order valence-corrected chi connectivity index (χ4v) is 4.70. The number of hydrogen-bond donors (Lipinski definition) is 4. The maximum Gasteiger partial charge on any atom is 0.217 e. The molecule has 0 aromatic carbocycles. The lowest BCUT2D eigenvalue weighted by Gasteiger charge is -2.25. The first-order valence-electron chi connectivity index (χ1n) is 14.9. The summed E-state index contributed by atoms with van der Waals surface area (Å²) >= 11 is 1.76. The lowest BCUT2D eigenvalue weighted by Crippen LogP contribution is -2.29. The third-order valence-corrected chi connectivity index (χ3v) is 7.65. The van der Waals surface area contributed by atoms with Crippen molar-refractivity contribution in [3.05, 3.63) is 46.4 Å². The summed E-state index contributed by atoms with van der Waals surface area (Å²) in [5.41, 5.74) is 20.1. The number of rotatable bonds is 15. The summed E-state index contributed by atoms with van der Waals surface area (Å²) in [4.78, 5) is 31.7. The number of allylic oxidation sites excluding steroid dienone is 5. The van der Waals surface area contributed by atoms with Crippen LogP contribution in [0.1, 0.15) is 99.3 Å². The average molecular weight is 596 g/mol. The Kier molecular flexibility index (Phi) is 31.9. The van der Waals surface area contributed by atoms with E-state index in [0.29, 0.717) is 12.3 Å². The van der Waals surface area contributed by atoms with E-state index in [1.165, 1.54) is 61.4 Å². The molecule has 1 rings (SSSR count). The molecule has 0 spiro atoms. The standard InChI is InChI=1S/C27H48N2S.C3H7NO.2CH3NO/c1-7-23(4)26(15-9-12-21-29-19-10-8-11-20-29)18-17-24(5)30-25(6)27(28)16-13-14-22(2)3;1-2-3(4)5;2*2-1-3/h9,12-13,16,22-23,26H,5,7-8,10-11,14-15,17-21,28H2,1-4,6H3;2H2,1H3,(H2,4,5);2*1H,(H2,2,3)/b12-9+,16-13-,27-25-;;;. The third kappa shape index (κ3) is 30.3. The van der Waals surface area contributed by atoms with Gasteiger partial charge in [0.1, 0.15) is 0 Å². The largest absolute Gasteiger partial charge is 0.398 e. The Balaban J connectivity index is -0.00000112. The zero-order valence-corrected chi connectivity index (χ0v) is 27.6. The van der Waals surface area contributed by atoms with Crippen LogP contribution in [0.5, 0.6) is 0 Å². The summed E-state index contributed by atoms with van der Waals surface area (Å²) in [6, 6.07) is 0. The second kappa shape index (κ2) is 30.4. The summed E-state index contributed by atoms with van der Waals surface area (Å²) in [5, 5.41) is 0. The van der Waals surface area contributed by atoms with Crippen LogP contribution in [0, 0.1) is 17.8 Å². The van der Waals surface area contributed by atoms with Crippen LogP contribution in [0.3, 0.4) is 0 Å². The van der Waals surface area contributed by atoms with E-state index in [-0.39, 0.29) is 18.7 Å². The number of amides is 3. The Morgan fingerprint density at radius 2 is 1.49 bits per heavy atom. The van der Waals surface area contributed by atoms with E-state index < -0.39 is 0 Å². The molecule has 0 aromatic rings. The van der Waals surface area contributed by atoms with Crippen LogP contribution < -0.4 is 22.9 Å². The van der Waals surface area contributed by atoms with Crippen LogP contribution in [0.25, 0.3) is 0 Å². The molecule has 0 aromatic heterocycles. The minimum absolute atomic E-state index is 0.245. The van der Waals surface area contributed by atoms with E-state index in [1.54, 1.807) is 18.7 Å². The van der Waals surface area contributed by atoms with Crippen LogP contribution in [0.2, 0.25) is 0 Å². The molecule has 9 heteroatoms. The maximum atomic E-state index is 9.59. The number of nitrogens with zero attached hydrogens (tertiary/aromatic N) is 1. The molecule has 2 atom stereocenters. The predicted molar refractivity (Wildman–Crippen MR) is 178 cm³/mol. The summed E-state index contributed by atoms with van der Waals surface area (Å²) in [7, 11) is 0. The average Bonchev–Trinajstić information content (AvgIpc) is 2.93. The van der Waals surface area contributed by atoms with Crippen molar-refractivity contribution < 1.29 is 14.4 Å². The van der Waals surface area contributed by atoms with Crippen LogP contribution >= 0.6 is 11.8 Å². The van der Waals surface area contributed by atoms with Gasteiger partial charge in [-0.05, 0) is 87.3 Å². The molecule has 1 aliphatic heterocycles. The van der Waals surface area contributed by atoms with Gasteiger partial charge in [0.05, 0.1) is 0 Å². The Morgan fingerprint density at radius 1 is 0.951 bits per heavy atom. The van der Waals surface area contributed by atoms with Crippen molar-refractivity contribution in [2.24, 2.45) is 40.7 Å². The van der Waals surface area contributed by atoms with Crippen molar-refractivity contribution in [2.45, 2.75) is 99.3 Å². The summed E-state index contributed by atoms with van der Waals surface area (Å²) < 4.78 is 0. The van der Waals surface area contributed by atoms with E-state index in [9.17, 15) is 4.79 Å². The Bertz CT molecular complexity index is 769. The molecular weight excluding hydrogens is 534 g/mol. The van der Waals surface area contributed by atoms with Gasteiger partial charge in [0, 0.05) is 23.6 Å². The van der Waals surface area contributed by atoms with E-state index in [2.05, 4.69) is 87.6 Å². The molecule has 1 fully saturated rings. The van der Waals surface area contributed by atoms with Gasteiger partial charge in [-0.1, -0.05) is 84.0 Å². The number of primary amides is 3. The van der Waals surface area contributed by atoms with Gasteiger partial charge >= 0.3 is 0 Å². The number of carbonyl (C=O) groups excluding carboxylic acids is 3. The predicted octanol–water partition coefficient (Wildman–Crippen LogP) is 5.99. The van der Waals surface area contributed by atoms with Gasteiger partial charge < -0.3 is 22.9 Å². The van der Waals surface area contributed by atoms with Crippen LogP contribution in [0.15, 0.2) is 46.4 Å². The minimum Gasteiger partial charge on any atom is -0.398 e. The van der Waals surface area contributed by atoms with Gasteiger partial charge in [-0.3, -0.25) is 19.3 Å². The van der Waals surface area contributed by atoms with Crippen LogP contribution in [0.4, 0.5) is 0 Å². The van der Waals surface area contributed by atoms with Crippen molar-refractivity contribution in [2.75, 3.05) is 19.6 Å². The van der Waals surface area contributed by atoms with Gasteiger partial charge in [0.25, 0.3) is 0 Å². The highest BCUT2D eigenvalue weighted by Crippen LogP contribution is 2.32. The number of likely N-dealkylation sites (tertiary alicyclic amines) is 1. The van der Waals surface area contributed by atoms with Gasteiger partial charge in [-0.2, -0.15) is 0 Å². The highest BCUT2D eigenvalue weighted by atomic mass is 32.2. The Morgan fingerprint density at radius 3 is 1.95 bits per heavy atom. The smallest absolute Gasteiger partial charge is 0.217 e. The highest BCUT2D eigenvalue weighted by Gasteiger charge is 2.15. The van der Waals surface area contributed by atoms with Crippen molar-refractivity contribution in [1.82, 2.24) is 4.90 Å². The summed E-state index contributed by atoms with van der Waals surface area (Å²) in [6.45, 7) is 21.0. The normalized spacial score (nSPS) is 15.3. The topological polar surface area (TPSA) is 159 Å². The molecule has 238 valence electrons. The zero-order valence-electron chi connectivity index (χ0n) is 26.8. The number of piperidine rings is 1. The quantitative estimate of drug-likeness (QED) is 0.103. The fourth-order valence-electron chi connectivity index (χ4n) is 3.86. The van der Waals surface area contributed by atoms with Gasteiger partial charge in [-0.15, -0.1) is 0 Å². The summed E-state index contributed by atoms with van der Waals surface area (Å²) in [5.74, 6) is 1.91. The number of hydrogen-bond acceptors (Lipinski definition) is 6. The molecule has 0 aliphatic carbocycles. The Labute approximate surface area is 255 Å². The lowest BCUT2D eigenvalue weighted by atomic mass is 9.85. The maximum absolute atomic E-state index is 9.59. The molecule has 2 unspecified atom stereocenters. The molecule has 8 nitrogen and oxygen atoms in total. The van der Waals surface area contributed by atoms with Gasteiger partial charge in [0.15, 0.2) is 0 Å². The molecule has 1 aliphatic rings. The lowest BCUT2D eigenvalue weighted by molar-refractivity contribution is -0.117. The van der Waals surface area contributed by atoms with E-state index in [1.807, 2.05) is 0 Å². The SMILES string of the molecule is C=C(CCC(C/C=C/CN1CCCCC1)C(C)CC)S/C(C)=C(N)/C=C\CC(C)C.CCC(N)=O.NC=O.NC=O. The minimum atomic E-state index is -0.245. The number of nitrogens with two attached hydrogens (primary N) is 4. The highest BCUT2D eigenvalue weighted by molar-refractivity contribution is 8.06. The van der Waals surface area contributed by atoms with Crippen molar-refractivity contribution in [3.8, 4) is 0 Å². The van der Waals surface area contributed by atoms with Crippen LogP contribution in [-0.4, -0.2) is 43.3 Å². The fraction of sp³-hybridized carbons (Fsp3) is 0.656. The molecule has 8 N–H and O–H groups in total. The number of carbonyl (C=O) groups is 3. The van der Waals surface area contributed by atoms with Gasteiger partial charge in [0.2, 0.25) is 18.7 Å². The van der Waals surface area contributed by atoms with Crippen molar-refractivity contribution in [3.63, 3.8) is 0 Å². The molecule has 41 heavy (non-hydrogen) atoms. The zero-order chi connectivity index (χ0) is 32.1. The monoisotopic (exact) mass is 595 g/mol. The first-order chi connectivity index (χ1) is 19.4. The molecule has 0 saturated carbocycles. The second-order valence-corrected chi connectivity index (χ2v) is 11.9. The number of thioether (sulfide) groups is 1. The van der Waals surface area contributed by atoms with E-state index in [4.69, 9.17) is 15.3 Å². The molecule has 0 bridgehead atoms. The molecule has 0 radical (unpaired) electrons. The second-order valence-electron chi connectivity index (χ2n) is 10.5. The first-order valence-corrected chi connectivity index (χ1v) is 15.7. The molecule has 3 amide bonds. The molecule has 1 heterocycles. The van der Waals surface area contributed by atoms with Crippen molar-refractivity contribution >= 4 is 30.5 Å². The molecule has 1 saturated heterocycles. The van der Waals surface area contributed by atoms with E-state index in [0.717, 1.165) is 36.9 Å². The first kappa shape index (κ1) is 42.9. The summed E-state index contributed by atoms with van der Waals surface area (Å²) in [6.07, 6.45) is 20.0.